The van der Waals surface area contributed by atoms with Crippen molar-refractivity contribution in [3.63, 3.8) is 0 Å². The van der Waals surface area contributed by atoms with Gasteiger partial charge in [0.25, 0.3) is 0 Å². The number of benzene rings is 1. The third-order valence-electron chi connectivity index (χ3n) is 1.60. The lowest BCUT2D eigenvalue weighted by Gasteiger charge is -2.04. The Bertz CT molecular complexity index is 423. The minimum atomic E-state index is -0.629. The van der Waals surface area contributed by atoms with Crippen molar-refractivity contribution in [1.29, 1.82) is 5.26 Å². The summed E-state index contributed by atoms with van der Waals surface area (Å²) in [5.74, 6) is -0.838. The summed E-state index contributed by atoms with van der Waals surface area (Å²) in [6.07, 6.45) is 0. The van der Waals surface area contributed by atoms with E-state index in [1.165, 1.54) is 19.2 Å². The van der Waals surface area contributed by atoms with Crippen molar-refractivity contribution in [3.05, 3.63) is 26.8 Å². The first kappa shape index (κ1) is 10.8. The van der Waals surface area contributed by atoms with Crippen LogP contribution in [0, 0.1) is 14.9 Å². The molecule has 0 atom stereocenters. The highest BCUT2D eigenvalue weighted by atomic mass is 127. The van der Waals surface area contributed by atoms with Crippen LogP contribution in [0.3, 0.4) is 0 Å². The molecule has 1 aromatic carbocycles. The third-order valence-corrected chi connectivity index (χ3v) is 2.22. The molecule has 0 unspecified atom stereocenters. The first-order chi connectivity index (χ1) is 6.60. The summed E-state index contributed by atoms with van der Waals surface area (Å²) in [6.45, 7) is 0. The van der Waals surface area contributed by atoms with Gasteiger partial charge in [-0.3, -0.25) is 0 Å². The minimum absolute atomic E-state index is 0.0581. The van der Waals surface area contributed by atoms with Crippen molar-refractivity contribution in [2.24, 2.45) is 0 Å². The third kappa shape index (κ3) is 1.96. The molecule has 0 saturated carbocycles. The van der Waals surface area contributed by atoms with Crippen LogP contribution in [-0.4, -0.2) is 18.2 Å². The van der Waals surface area contributed by atoms with Gasteiger partial charge in [-0.1, -0.05) is 0 Å². The Morgan fingerprint density at radius 3 is 2.79 bits per heavy atom. The molecule has 0 saturated heterocycles. The predicted molar refractivity (Wildman–Crippen MR) is 56.9 cm³/mol. The molecule has 0 aliphatic carbocycles. The van der Waals surface area contributed by atoms with E-state index in [-0.39, 0.29) is 16.9 Å². The van der Waals surface area contributed by atoms with Crippen LogP contribution in [0.15, 0.2) is 12.1 Å². The Labute approximate surface area is 94.2 Å². The van der Waals surface area contributed by atoms with Crippen molar-refractivity contribution in [3.8, 4) is 11.8 Å². The smallest absolute Gasteiger partial charge is 0.339 e. The van der Waals surface area contributed by atoms with Gasteiger partial charge in [0.05, 0.1) is 12.7 Å². The Balaban J connectivity index is 3.41. The zero-order valence-electron chi connectivity index (χ0n) is 7.24. The number of carbonyl (C=O) groups excluding carboxylic acids is 1. The Morgan fingerprint density at radius 1 is 1.64 bits per heavy atom. The maximum absolute atomic E-state index is 11.2. The fourth-order valence-corrected chi connectivity index (χ4v) is 1.59. The van der Waals surface area contributed by atoms with Crippen LogP contribution in [0.2, 0.25) is 0 Å². The molecule has 0 bridgehead atoms. The molecule has 0 amide bonds. The molecule has 1 N–H and O–H groups in total. The number of carbonyl (C=O) groups is 1. The van der Waals surface area contributed by atoms with E-state index < -0.39 is 5.97 Å². The lowest BCUT2D eigenvalue weighted by Crippen LogP contribution is -2.04. The van der Waals surface area contributed by atoms with Gasteiger partial charge < -0.3 is 9.84 Å². The van der Waals surface area contributed by atoms with Crippen LogP contribution in [0.25, 0.3) is 0 Å². The number of hydrogen-bond acceptors (Lipinski definition) is 4. The van der Waals surface area contributed by atoms with Crippen molar-refractivity contribution in [2.45, 2.75) is 0 Å². The largest absolute Gasteiger partial charge is 0.507 e. The SMILES string of the molecule is COC(=O)c1cc(I)cc(O)c1C#N. The van der Waals surface area contributed by atoms with Gasteiger partial charge in [-0.2, -0.15) is 5.26 Å². The van der Waals surface area contributed by atoms with Gasteiger partial charge in [0, 0.05) is 3.57 Å². The maximum Gasteiger partial charge on any atom is 0.339 e. The Morgan fingerprint density at radius 2 is 2.29 bits per heavy atom. The lowest BCUT2D eigenvalue weighted by atomic mass is 10.1. The van der Waals surface area contributed by atoms with E-state index in [4.69, 9.17) is 5.26 Å². The fraction of sp³-hybridized carbons (Fsp3) is 0.111. The summed E-state index contributed by atoms with van der Waals surface area (Å²) in [6, 6.07) is 4.65. The van der Waals surface area contributed by atoms with Crippen LogP contribution >= 0.6 is 22.6 Å². The molecule has 14 heavy (non-hydrogen) atoms. The van der Waals surface area contributed by atoms with Gasteiger partial charge in [-0.25, -0.2) is 4.79 Å². The molecule has 0 heterocycles. The quantitative estimate of drug-likeness (QED) is 0.632. The summed E-state index contributed by atoms with van der Waals surface area (Å²) >= 11 is 1.94. The molecular weight excluding hydrogens is 297 g/mol. The number of methoxy groups -OCH3 is 1. The molecule has 1 rings (SSSR count). The zero-order valence-corrected chi connectivity index (χ0v) is 9.40. The van der Waals surface area contributed by atoms with E-state index >= 15 is 0 Å². The summed E-state index contributed by atoms with van der Waals surface area (Å²) in [5, 5.41) is 18.1. The van der Waals surface area contributed by atoms with Crippen molar-refractivity contribution in [2.75, 3.05) is 7.11 Å². The number of esters is 1. The number of aromatic hydroxyl groups is 1. The topological polar surface area (TPSA) is 70.3 Å². The fourth-order valence-electron chi connectivity index (χ4n) is 0.981. The highest BCUT2D eigenvalue weighted by Crippen LogP contribution is 2.24. The zero-order chi connectivity index (χ0) is 10.7. The van der Waals surface area contributed by atoms with Gasteiger partial charge in [0.15, 0.2) is 0 Å². The summed E-state index contributed by atoms with van der Waals surface area (Å²) < 4.78 is 5.15. The number of halogens is 1. The van der Waals surface area contributed by atoms with Gasteiger partial charge in [0.2, 0.25) is 0 Å². The maximum atomic E-state index is 11.2. The van der Waals surface area contributed by atoms with E-state index in [2.05, 4.69) is 4.74 Å². The second-order valence-corrected chi connectivity index (χ2v) is 3.70. The average molecular weight is 303 g/mol. The van der Waals surface area contributed by atoms with E-state index in [0.717, 1.165) is 0 Å². The number of phenolic OH excluding ortho intramolecular Hbond substituents is 1. The van der Waals surface area contributed by atoms with Gasteiger partial charge in [-0.15, -0.1) is 0 Å². The summed E-state index contributed by atoms with van der Waals surface area (Å²) in [5.41, 5.74) is 0.0247. The highest BCUT2D eigenvalue weighted by Gasteiger charge is 2.16. The summed E-state index contributed by atoms with van der Waals surface area (Å²) in [4.78, 5) is 11.2. The first-order valence-electron chi connectivity index (χ1n) is 3.61. The van der Waals surface area contributed by atoms with Crippen LogP contribution in [0.5, 0.6) is 5.75 Å². The highest BCUT2D eigenvalue weighted by molar-refractivity contribution is 14.1. The number of hydrogen-bond donors (Lipinski definition) is 1. The molecule has 0 radical (unpaired) electrons. The van der Waals surface area contributed by atoms with Crippen molar-refractivity contribution >= 4 is 28.6 Å². The molecule has 0 aliphatic rings. The standard InChI is InChI=1S/C9H6INO3/c1-14-9(13)6-2-5(10)3-8(12)7(6)4-11/h2-3,12H,1H3. The average Bonchev–Trinajstić information content (AvgIpc) is 2.15. The van der Waals surface area contributed by atoms with E-state index in [1.54, 1.807) is 6.07 Å². The first-order valence-corrected chi connectivity index (χ1v) is 4.69. The minimum Gasteiger partial charge on any atom is -0.507 e. The predicted octanol–water partition coefficient (Wildman–Crippen LogP) is 1.66. The number of nitriles is 1. The van der Waals surface area contributed by atoms with Crippen molar-refractivity contribution in [1.82, 2.24) is 0 Å². The van der Waals surface area contributed by atoms with Crippen LogP contribution in [-0.2, 0) is 4.74 Å². The van der Waals surface area contributed by atoms with E-state index in [0.29, 0.717) is 3.57 Å². The van der Waals surface area contributed by atoms with E-state index in [1.807, 2.05) is 22.6 Å². The molecule has 5 heteroatoms. The number of nitrogens with zero attached hydrogens (tertiary/aromatic N) is 1. The molecule has 0 fully saturated rings. The number of phenols is 1. The molecule has 4 nitrogen and oxygen atoms in total. The second-order valence-electron chi connectivity index (χ2n) is 2.45. The van der Waals surface area contributed by atoms with Gasteiger partial charge in [-0.05, 0) is 34.7 Å². The Kier molecular flexibility index (Phi) is 3.30. The van der Waals surface area contributed by atoms with Crippen LogP contribution in [0.4, 0.5) is 0 Å². The number of rotatable bonds is 1. The normalized spacial score (nSPS) is 9.21. The van der Waals surface area contributed by atoms with Crippen molar-refractivity contribution < 1.29 is 14.6 Å². The number of ether oxygens (including phenoxy) is 1. The lowest BCUT2D eigenvalue weighted by molar-refractivity contribution is 0.0600. The Hall–Kier alpha value is -1.29. The molecular formula is C9H6INO3. The van der Waals surface area contributed by atoms with Gasteiger partial charge in [0.1, 0.15) is 17.4 Å². The molecule has 0 aliphatic heterocycles. The van der Waals surface area contributed by atoms with Crippen LogP contribution in [0.1, 0.15) is 15.9 Å². The molecule has 72 valence electrons. The second kappa shape index (κ2) is 4.28. The monoisotopic (exact) mass is 303 g/mol. The summed E-state index contributed by atoms with van der Waals surface area (Å²) in [7, 11) is 1.22. The molecule has 0 aromatic heterocycles. The van der Waals surface area contributed by atoms with E-state index in [9.17, 15) is 9.90 Å². The van der Waals surface area contributed by atoms with Crippen LogP contribution < -0.4 is 0 Å². The van der Waals surface area contributed by atoms with Gasteiger partial charge >= 0.3 is 5.97 Å². The molecule has 0 spiro atoms. The molecule has 1 aromatic rings.